The van der Waals surface area contributed by atoms with Gasteiger partial charge in [-0.15, -0.1) is 0 Å². The van der Waals surface area contributed by atoms with Crippen molar-refractivity contribution >= 4 is 0 Å². The van der Waals surface area contributed by atoms with Gasteiger partial charge in [0, 0.05) is 5.92 Å². The van der Waals surface area contributed by atoms with E-state index in [9.17, 15) is 4.39 Å². The summed E-state index contributed by atoms with van der Waals surface area (Å²) >= 11 is 0. The van der Waals surface area contributed by atoms with Crippen LogP contribution >= 0.6 is 0 Å². The summed E-state index contributed by atoms with van der Waals surface area (Å²) in [7, 11) is 0. The summed E-state index contributed by atoms with van der Waals surface area (Å²) < 4.78 is 19.1. The number of hydrogen-bond donors (Lipinski definition) is 0. The van der Waals surface area contributed by atoms with E-state index in [0.717, 1.165) is 12.0 Å². The molecule has 0 saturated heterocycles. The first kappa shape index (κ1) is 11.3. The molecule has 0 N–H and O–H groups in total. The topological polar surface area (TPSA) is 9.23 Å². The highest BCUT2D eigenvalue weighted by Crippen LogP contribution is 2.35. The van der Waals surface area contributed by atoms with Crippen LogP contribution in [0.15, 0.2) is 42.5 Å². The third-order valence-electron chi connectivity index (χ3n) is 3.49. The van der Waals surface area contributed by atoms with Crippen molar-refractivity contribution < 1.29 is 9.13 Å². The van der Waals surface area contributed by atoms with Crippen LogP contribution in [0.4, 0.5) is 4.39 Å². The molecule has 3 rings (SSSR count). The van der Waals surface area contributed by atoms with E-state index >= 15 is 0 Å². The van der Waals surface area contributed by atoms with Gasteiger partial charge in [0.2, 0.25) is 0 Å². The maximum atomic E-state index is 13.5. The van der Waals surface area contributed by atoms with Gasteiger partial charge in [-0.25, -0.2) is 4.39 Å². The van der Waals surface area contributed by atoms with Crippen molar-refractivity contribution in [3.8, 4) is 5.75 Å². The molecule has 0 saturated carbocycles. The largest absolute Gasteiger partial charge is 0.490 e. The molecule has 0 spiro atoms. The summed E-state index contributed by atoms with van der Waals surface area (Å²) in [5.74, 6) is 0.480. The van der Waals surface area contributed by atoms with Gasteiger partial charge in [0.25, 0.3) is 0 Å². The SMILES string of the molecule is Cc1ccc(F)c(OCC2Cc3ccccc32)c1. The van der Waals surface area contributed by atoms with Crippen molar-refractivity contribution in [1.82, 2.24) is 0 Å². The molecule has 1 nitrogen and oxygen atoms in total. The van der Waals surface area contributed by atoms with Crippen molar-refractivity contribution in [2.45, 2.75) is 19.3 Å². The van der Waals surface area contributed by atoms with Gasteiger partial charge < -0.3 is 4.74 Å². The summed E-state index contributed by atoms with van der Waals surface area (Å²) in [6.45, 7) is 2.49. The standard InChI is InChI=1S/C16H15FO/c1-11-6-7-15(17)16(8-11)18-10-13-9-12-4-2-3-5-14(12)13/h2-8,13H,9-10H2,1H3. The minimum atomic E-state index is -0.284. The van der Waals surface area contributed by atoms with Crippen molar-refractivity contribution in [2.24, 2.45) is 0 Å². The van der Waals surface area contributed by atoms with Crippen LogP contribution in [0.25, 0.3) is 0 Å². The normalized spacial score (nSPS) is 16.9. The molecule has 92 valence electrons. The number of halogens is 1. The molecule has 2 aromatic rings. The molecular weight excluding hydrogens is 227 g/mol. The monoisotopic (exact) mass is 242 g/mol. The van der Waals surface area contributed by atoms with E-state index in [0.29, 0.717) is 18.3 Å². The zero-order valence-electron chi connectivity index (χ0n) is 10.3. The van der Waals surface area contributed by atoms with E-state index in [1.54, 1.807) is 12.1 Å². The van der Waals surface area contributed by atoms with Crippen LogP contribution in [-0.4, -0.2) is 6.61 Å². The fourth-order valence-electron chi connectivity index (χ4n) is 2.42. The molecule has 1 unspecified atom stereocenters. The number of fused-ring (bicyclic) bond motifs is 1. The van der Waals surface area contributed by atoms with E-state index in [1.165, 1.54) is 17.2 Å². The molecular formula is C16H15FO. The summed E-state index contributed by atoms with van der Waals surface area (Å²) in [6, 6.07) is 13.3. The van der Waals surface area contributed by atoms with Crippen LogP contribution in [0.2, 0.25) is 0 Å². The lowest BCUT2D eigenvalue weighted by Gasteiger charge is -2.29. The molecule has 1 aliphatic rings. The average molecular weight is 242 g/mol. The molecule has 1 atom stereocenters. The van der Waals surface area contributed by atoms with Crippen LogP contribution in [0.5, 0.6) is 5.75 Å². The molecule has 0 amide bonds. The molecule has 0 aliphatic heterocycles. The Bertz CT molecular complexity index is 577. The summed E-state index contributed by atoms with van der Waals surface area (Å²) in [4.78, 5) is 0. The maximum Gasteiger partial charge on any atom is 0.165 e. The number of rotatable bonds is 3. The molecule has 0 aromatic heterocycles. The molecule has 2 heteroatoms. The fourth-order valence-corrected chi connectivity index (χ4v) is 2.42. The van der Waals surface area contributed by atoms with Crippen molar-refractivity contribution in [3.05, 3.63) is 65.0 Å². The summed E-state index contributed by atoms with van der Waals surface area (Å²) in [6.07, 6.45) is 1.03. The van der Waals surface area contributed by atoms with Gasteiger partial charge in [0.15, 0.2) is 11.6 Å². The maximum absolute atomic E-state index is 13.5. The quantitative estimate of drug-likeness (QED) is 0.794. The lowest BCUT2D eigenvalue weighted by Crippen LogP contribution is -2.23. The average Bonchev–Trinajstić information content (AvgIpc) is 2.34. The zero-order chi connectivity index (χ0) is 12.5. The number of hydrogen-bond acceptors (Lipinski definition) is 1. The molecule has 18 heavy (non-hydrogen) atoms. The van der Waals surface area contributed by atoms with Crippen molar-refractivity contribution in [2.75, 3.05) is 6.61 Å². The second-order valence-electron chi connectivity index (χ2n) is 4.84. The van der Waals surface area contributed by atoms with Gasteiger partial charge in [-0.3, -0.25) is 0 Å². The third-order valence-corrected chi connectivity index (χ3v) is 3.49. The lowest BCUT2D eigenvalue weighted by atomic mass is 9.78. The Hall–Kier alpha value is -1.83. The van der Waals surface area contributed by atoms with Crippen LogP contribution in [-0.2, 0) is 6.42 Å². The zero-order valence-corrected chi connectivity index (χ0v) is 10.3. The molecule has 0 fully saturated rings. The Labute approximate surface area is 106 Å². The van der Waals surface area contributed by atoms with E-state index in [1.807, 2.05) is 13.0 Å². The highest BCUT2D eigenvalue weighted by molar-refractivity contribution is 5.40. The predicted octanol–water partition coefficient (Wildman–Crippen LogP) is 3.85. The van der Waals surface area contributed by atoms with Crippen molar-refractivity contribution in [3.63, 3.8) is 0 Å². The Morgan fingerprint density at radius 2 is 2.06 bits per heavy atom. The van der Waals surface area contributed by atoms with Gasteiger partial charge in [-0.1, -0.05) is 30.3 Å². The van der Waals surface area contributed by atoms with Gasteiger partial charge in [0.1, 0.15) is 0 Å². The van der Waals surface area contributed by atoms with Gasteiger partial charge in [-0.05, 0) is 42.2 Å². The van der Waals surface area contributed by atoms with E-state index in [-0.39, 0.29) is 5.82 Å². The van der Waals surface area contributed by atoms with Crippen molar-refractivity contribution in [1.29, 1.82) is 0 Å². The van der Waals surface area contributed by atoms with Crippen LogP contribution < -0.4 is 4.74 Å². The Morgan fingerprint density at radius 1 is 1.22 bits per heavy atom. The van der Waals surface area contributed by atoms with Gasteiger partial charge in [0.05, 0.1) is 6.61 Å². The summed E-state index contributed by atoms with van der Waals surface area (Å²) in [5, 5.41) is 0. The van der Waals surface area contributed by atoms with E-state index in [2.05, 4.69) is 18.2 Å². The van der Waals surface area contributed by atoms with Gasteiger partial charge in [-0.2, -0.15) is 0 Å². The minimum Gasteiger partial charge on any atom is -0.490 e. The van der Waals surface area contributed by atoms with Gasteiger partial charge >= 0.3 is 0 Å². The smallest absolute Gasteiger partial charge is 0.165 e. The Balaban J connectivity index is 1.68. The molecule has 0 radical (unpaired) electrons. The predicted molar refractivity (Wildman–Crippen MR) is 69.5 cm³/mol. The Kier molecular flexibility index (Phi) is 2.78. The summed E-state index contributed by atoms with van der Waals surface area (Å²) in [5.41, 5.74) is 3.74. The second kappa shape index (κ2) is 4.45. The number of ether oxygens (including phenoxy) is 1. The third kappa shape index (κ3) is 1.99. The molecule has 1 aliphatic carbocycles. The lowest BCUT2D eigenvalue weighted by molar-refractivity contribution is 0.263. The Morgan fingerprint density at radius 3 is 2.89 bits per heavy atom. The molecule has 0 heterocycles. The minimum absolute atomic E-state index is 0.284. The van der Waals surface area contributed by atoms with E-state index < -0.39 is 0 Å². The number of benzene rings is 2. The van der Waals surface area contributed by atoms with Crippen LogP contribution in [0, 0.1) is 12.7 Å². The molecule has 0 bridgehead atoms. The molecule has 2 aromatic carbocycles. The first-order chi connectivity index (χ1) is 8.74. The first-order valence-electron chi connectivity index (χ1n) is 6.21. The number of aryl methyl sites for hydroxylation is 1. The van der Waals surface area contributed by atoms with Crippen LogP contribution in [0.3, 0.4) is 0 Å². The van der Waals surface area contributed by atoms with E-state index in [4.69, 9.17) is 4.74 Å². The highest BCUT2D eigenvalue weighted by Gasteiger charge is 2.26. The van der Waals surface area contributed by atoms with Crippen LogP contribution in [0.1, 0.15) is 22.6 Å². The fraction of sp³-hybridized carbons (Fsp3) is 0.250. The highest BCUT2D eigenvalue weighted by atomic mass is 19.1. The first-order valence-corrected chi connectivity index (χ1v) is 6.21. The second-order valence-corrected chi connectivity index (χ2v) is 4.84.